The van der Waals surface area contributed by atoms with Crippen LogP contribution in [-0.2, 0) is 19.4 Å². The average Bonchev–Trinajstić information content (AvgIpc) is 3.61. The molecule has 2 heterocycles. The lowest BCUT2D eigenvalue weighted by atomic mass is 9.33. The Kier molecular flexibility index (Phi) is 11.4. The predicted molar refractivity (Wildman–Crippen MR) is 238 cm³/mol. The van der Waals surface area contributed by atoms with Crippen molar-refractivity contribution in [1.82, 2.24) is 15.2 Å². The van der Waals surface area contributed by atoms with Gasteiger partial charge in [-0.05, 0) is 152 Å². The highest BCUT2D eigenvalue weighted by Crippen LogP contribution is 2.76. The van der Waals surface area contributed by atoms with Crippen molar-refractivity contribution in [3.63, 3.8) is 0 Å². The first kappa shape index (κ1) is 43.6. The molecule has 60 heavy (non-hydrogen) atoms. The van der Waals surface area contributed by atoms with E-state index in [4.69, 9.17) is 16.0 Å². The van der Waals surface area contributed by atoms with E-state index in [0.29, 0.717) is 72.9 Å². The zero-order valence-electron chi connectivity index (χ0n) is 37.7. The van der Waals surface area contributed by atoms with Gasteiger partial charge in [0.1, 0.15) is 12.0 Å². The fourth-order valence-corrected chi connectivity index (χ4v) is 16.8. The quantitative estimate of drug-likeness (QED) is 0.141. The number of nitrogens with zero attached hydrogens (tertiary/aromatic N) is 3. The first-order valence-electron chi connectivity index (χ1n) is 23.2. The maximum atomic E-state index is 13.4. The van der Waals surface area contributed by atoms with E-state index in [2.05, 4.69) is 80.3 Å². The smallest absolute Gasteiger partial charge is 0.315 e. The highest BCUT2D eigenvalue weighted by atomic mass is 32.2. The van der Waals surface area contributed by atoms with Crippen LogP contribution in [0.1, 0.15) is 119 Å². The molecule has 1 unspecified atom stereocenters. The van der Waals surface area contributed by atoms with Gasteiger partial charge < -0.3 is 24.5 Å². The van der Waals surface area contributed by atoms with E-state index in [1.807, 2.05) is 0 Å². The third-order valence-corrected chi connectivity index (χ3v) is 20.5. The lowest BCUT2D eigenvalue weighted by Crippen LogP contribution is -2.68. The molecular weight excluding hydrogens is 769 g/mol. The van der Waals surface area contributed by atoms with Crippen LogP contribution in [0, 0.1) is 63.2 Å². The molecule has 8 rings (SSSR count). The van der Waals surface area contributed by atoms with E-state index >= 15 is 0 Å². The highest BCUT2D eigenvalue weighted by Gasteiger charge is 2.70. The van der Waals surface area contributed by atoms with Crippen LogP contribution in [0.15, 0.2) is 53.6 Å². The first-order chi connectivity index (χ1) is 28.4. The molecule has 1 aliphatic heterocycles. The van der Waals surface area contributed by atoms with Crippen molar-refractivity contribution in [2.75, 3.05) is 51.4 Å². The SMILES string of the molecule is [C-]#[N+]c1cccc(OCC2(C(=O)OC)CC=C(C3=CC[C@]4(C)[C@H]5CC[C@@H]6[C@H]7[C@H](C(=C)C)CC[C@]7(NCCN7CCS(=O)(=O)CC7)CC[C@@]6(C)[C@]5(C)CC[C@H]4C3(C)C)CC2)n1. The third kappa shape index (κ3) is 7.03. The number of fused-ring (bicyclic) bond motifs is 7. The number of pyridine rings is 1. The monoisotopic (exact) mass is 841 g/mol. The molecule has 1 aromatic heterocycles. The maximum Gasteiger partial charge on any atom is 0.315 e. The van der Waals surface area contributed by atoms with Gasteiger partial charge in [0.25, 0.3) is 5.82 Å². The fourth-order valence-electron chi connectivity index (χ4n) is 15.5. The van der Waals surface area contributed by atoms with Crippen molar-refractivity contribution < 1.29 is 22.7 Å². The van der Waals surface area contributed by atoms with Gasteiger partial charge >= 0.3 is 11.8 Å². The lowest BCUT2D eigenvalue weighted by molar-refractivity contribution is -0.221. The molecular formula is C50H72N4O5S. The molecule has 10 heteroatoms. The van der Waals surface area contributed by atoms with Gasteiger partial charge in [0.2, 0.25) is 0 Å². The number of aromatic nitrogens is 1. The zero-order valence-corrected chi connectivity index (χ0v) is 38.5. The summed E-state index contributed by atoms with van der Waals surface area (Å²) in [6, 6.07) is 5.15. The standard InChI is InChI=1S/C50H72N4O5S/c1-34(2)36-17-24-50(52-27-28-54-29-31-60(56,57)32-30-54)26-25-47(6)38(43(36)50)13-14-40-46(5)20-18-37(45(3,4)39(46)19-21-48(40,47)7)35-15-22-49(23-16-35,44(55)58-9)33-59-42-12-10-11-41(51-8)53-42/h10-12,15,18,36,38-40,43,52H,1,13-14,16-17,19-33H2,2-7,9H3/t36-,38+,39-,40+,43+,46-,47+,48+,49?,50-/m0/s1. The number of hydrogen-bond donors (Lipinski definition) is 1. The largest absolute Gasteiger partial charge is 0.468 e. The Morgan fingerprint density at radius 2 is 1.73 bits per heavy atom. The van der Waals surface area contributed by atoms with E-state index in [9.17, 15) is 13.2 Å². The number of rotatable bonds is 10. The Morgan fingerprint density at radius 1 is 0.967 bits per heavy atom. The number of esters is 1. The van der Waals surface area contributed by atoms with Crippen molar-refractivity contribution in [2.45, 2.75) is 124 Å². The minimum absolute atomic E-state index is 0.00445. The molecule has 0 radical (unpaired) electrons. The molecule has 0 amide bonds. The molecule has 0 bridgehead atoms. The van der Waals surface area contributed by atoms with Crippen LogP contribution in [0.2, 0.25) is 0 Å². The summed E-state index contributed by atoms with van der Waals surface area (Å²) in [6.07, 6.45) is 18.0. The van der Waals surface area contributed by atoms with Crippen LogP contribution < -0.4 is 10.1 Å². The number of nitrogens with one attached hydrogen (secondary N) is 1. The number of allylic oxidation sites excluding steroid dienone is 5. The Bertz CT molecular complexity index is 2080. The Labute approximate surface area is 361 Å². The fraction of sp³-hybridized carbons (Fsp3) is 0.740. The van der Waals surface area contributed by atoms with Crippen LogP contribution >= 0.6 is 0 Å². The van der Waals surface area contributed by atoms with Gasteiger partial charge in [0.15, 0.2) is 9.84 Å². The van der Waals surface area contributed by atoms with Crippen LogP contribution in [0.4, 0.5) is 5.82 Å². The lowest BCUT2D eigenvalue weighted by Gasteiger charge is -2.72. The average molecular weight is 841 g/mol. The van der Waals surface area contributed by atoms with E-state index in [-0.39, 0.29) is 45.6 Å². The van der Waals surface area contributed by atoms with Crippen molar-refractivity contribution in [3.05, 3.63) is 65.1 Å². The molecule has 1 N–H and O–H groups in total. The second-order valence-corrected chi connectivity index (χ2v) is 24.0. The normalized spacial score (nSPS) is 40.6. The molecule has 0 aromatic carbocycles. The van der Waals surface area contributed by atoms with Crippen molar-refractivity contribution in [3.8, 4) is 5.88 Å². The zero-order chi connectivity index (χ0) is 42.9. The van der Waals surface area contributed by atoms with Crippen LogP contribution in [0.5, 0.6) is 5.88 Å². The molecule has 0 spiro atoms. The minimum Gasteiger partial charge on any atom is -0.468 e. The summed E-state index contributed by atoms with van der Waals surface area (Å²) in [4.78, 5) is 23.4. The Balaban J connectivity index is 1.01. The highest BCUT2D eigenvalue weighted by molar-refractivity contribution is 7.91. The Hall–Kier alpha value is -3.00. The number of sulfone groups is 1. The summed E-state index contributed by atoms with van der Waals surface area (Å²) in [5.74, 6) is 3.99. The van der Waals surface area contributed by atoms with E-state index < -0.39 is 15.3 Å². The number of carbonyl (C=O) groups is 1. The first-order valence-corrected chi connectivity index (χ1v) is 25.0. The summed E-state index contributed by atoms with van der Waals surface area (Å²) < 4.78 is 35.7. The summed E-state index contributed by atoms with van der Waals surface area (Å²) >= 11 is 0. The number of hydrogen-bond acceptors (Lipinski definition) is 8. The maximum absolute atomic E-state index is 13.4. The molecule has 6 aliphatic carbocycles. The third-order valence-electron chi connectivity index (χ3n) is 18.9. The number of carbonyl (C=O) groups excluding carboxylic acids is 1. The summed E-state index contributed by atoms with van der Waals surface area (Å²) in [5, 5.41) is 4.23. The molecule has 4 saturated carbocycles. The predicted octanol–water partition coefficient (Wildman–Crippen LogP) is 9.55. The minimum atomic E-state index is -2.88. The summed E-state index contributed by atoms with van der Waals surface area (Å²) in [6.45, 7) is 30.7. The number of methoxy groups -OCH3 is 1. The van der Waals surface area contributed by atoms with Crippen molar-refractivity contribution >= 4 is 21.6 Å². The molecule has 328 valence electrons. The van der Waals surface area contributed by atoms with Gasteiger partial charge in [-0.2, -0.15) is 0 Å². The second kappa shape index (κ2) is 15.7. The van der Waals surface area contributed by atoms with E-state index in [0.717, 1.165) is 25.9 Å². The van der Waals surface area contributed by atoms with Gasteiger partial charge in [0, 0.05) is 37.8 Å². The summed E-state index contributed by atoms with van der Waals surface area (Å²) in [5.41, 5.74) is 4.28. The van der Waals surface area contributed by atoms with Crippen LogP contribution in [0.3, 0.4) is 0 Å². The van der Waals surface area contributed by atoms with Crippen LogP contribution in [0.25, 0.3) is 4.85 Å². The van der Waals surface area contributed by atoms with Gasteiger partial charge in [0.05, 0.1) is 18.6 Å². The van der Waals surface area contributed by atoms with Gasteiger partial charge in [-0.25, -0.2) is 8.42 Å². The summed E-state index contributed by atoms with van der Waals surface area (Å²) in [7, 11) is -1.42. The topological polar surface area (TPSA) is 102 Å². The van der Waals surface area contributed by atoms with E-state index in [1.165, 1.54) is 75.2 Å². The second-order valence-electron chi connectivity index (χ2n) is 21.7. The Morgan fingerprint density at radius 3 is 2.42 bits per heavy atom. The number of ether oxygens (including phenoxy) is 2. The van der Waals surface area contributed by atoms with Gasteiger partial charge in [-0.15, -0.1) is 0 Å². The molecule has 9 nitrogen and oxygen atoms in total. The molecule has 5 fully saturated rings. The van der Waals surface area contributed by atoms with Gasteiger partial charge in [-0.1, -0.05) is 76.5 Å². The molecule has 1 saturated heterocycles. The van der Waals surface area contributed by atoms with Crippen molar-refractivity contribution in [1.29, 1.82) is 0 Å². The van der Waals surface area contributed by atoms with E-state index in [1.54, 1.807) is 18.2 Å². The molecule has 1 aromatic rings. The van der Waals surface area contributed by atoms with Crippen LogP contribution in [-0.4, -0.2) is 81.2 Å². The molecule has 10 atom stereocenters. The van der Waals surface area contributed by atoms with Gasteiger partial charge in [-0.3, -0.25) is 4.79 Å². The molecule has 7 aliphatic rings. The van der Waals surface area contributed by atoms with Crippen molar-refractivity contribution in [2.24, 2.45) is 56.7 Å².